The number of ether oxygens (including phenoxy) is 1. The van der Waals surface area contributed by atoms with Crippen LogP contribution in [0.1, 0.15) is 51.3 Å². The molecule has 3 aliphatic rings. The number of hydrogen-bond donors (Lipinski definition) is 0. The molecule has 1 spiro atoms. The van der Waals surface area contributed by atoms with Gasteiger partial charge in [-0.1, -0.05) is 192 Å². The minimum Gasteiger partial charge on any atom is -0.457 e. The highest BCUT2D eigenvalue weighted by Crippen LogP contribution is 2.51. The van der Waals surface area contributed by atoms with Gasteiger partial charge in [0.1, 0.15) is 24.0 Å². The van der Waals surface area contributed by atoms with Crippen molar-refractivity contribution in [3.8, 4) is 39.6 Å². The Morgan fingerprint density at radius 1 is 0.493 bits per heavy atom. The van der Waals surface area contributed by atoms with Crippen LogP contribution in [0.3, 0.4) is 0 Å². The largest absolute Gasteiger partial charge is 0.457 e. The molecule has 11 aromatic rings. The van der Waals surface area contributed by atoms with E-state index < -0.39 is 8.07 Å². The highest BCUT2D eigenvalue weighted by atomic mass is 28.3. The molecule has 0 unspecified atom stereocenters. The van der Waals surface area contributed by atoms with Crippen molar-refractivity contribution in [1.82, 2.24) is 9.55 Å². The molecule has 0 atom stereocenters. The number of pyridine rings is 1. The van der Waals surface area contributed by atoms with E-state index in [1.807, 2.05) is 6.20 Å². The maximum Gasteiger partial charge on any atom is 0.181 e. The van der Waals surface area contributed by atoms with E-state index in [1.54, 1.807) is 0 Å². The third-order valence-corrected chi connectivity index (χ3v) is 21.0. The zero-order valence-electron chi connectivity index (χ0n) is 41.8. The fraction of sp³-hybridized carbons (Fsp3) is 0.119. The summed E-state index contributed by atoms with van der Waals surface area (Å²) in [5, 5.41) is 8.38. The predicted molar refractivity (Wildman–Crippen MR) is 306 cm³/mol. The van der Waals surface area contributed by atoms with Crippen molar-refractivity contribution in [3.05, 3.63) is 241 Å². The molecule has 352 valence electrons. The number of para-hydroxylation sites is 3. The fourth-order valence-corrected chi connectivity index (χ4v) is 18.8. The molecule has 3 aliphatic heterocycles. The Labute approximate surface area is 428 Å². The maximum absolute atomic E-state index is 7.33. The van der Waals surface area contributed by atoms with Crippen LogP contribution in [0, 0.1) is 0 Å². The summed E-state index contributed by atoms with van der Waals surface area (Å²) in [6.45, 7) is 12.2. The average Bonchev–Trinajstić information content (AvgIpc) is 4.10. The molecule has 73 heavy (non-hydrogen) atoms. The molecule has 0 saturated heterocycles. The van der Waals surface area contributed by atoms with Gasteiger partial charge in [0.25, 0.3) is 0 Å². The van der Waals surface area contributed by atoms with Crippen LogP contribution in [0.4, 0.5) is 22.7 Å². The first-order valence-electron chi connectivity index (χ1n) is 25.6. The lowest BCUT2D eigenvalue weighted by atomic mass is 9.77. The van der Waals surface area contributed by atoms with Crippen molar-refractivity contribution >= 4 is 73.4 Å². The quantitative estimate of drug-likeness (QED) is 0.149. The fourth-order valence-electron chi connectivity index (χ4n) is 12.8. The normalized spacial score (nSPS) is 14.8. The summed E-state index contributed by atoms with van der Waals surface area (Å²) in [4.78, 5) is 10.0. The maximum atomic E-state index is 7.33. The van der Waals surface area contributed by atoms with Gasteiger partial charge in [-0.2, -0.15) is 0 Å². The number of nitrogens with zero attached hydrogens (tertiary/aromatic N) is 4. The lowest BCUT2D eigenvalue weighted by Gasteiger charge is -2.45. The Morgan fingerprint density at radius 3 is 1.74 bits per heavy atom. The molecule has 9 aromatic carbocycles. The van der Waals surface area contributed by atoms with Crippen molar-refractivity contribution in [1.29, 1.82) is 0 Å². The molecule has 5 nitrogen and oxygen atoms in total. The van der Waals surface area contributed by atoms with E-state index in [0.29, 0.717) is 6.67 Å². The Bertz CT molecular complexity index is 3910. The summed E-state index contributed by atoms with van der Waals surface area (Å²) in [5.41, 5.74) is 15.4. The molecule has 0 radical (unpaired) electrons. The van der Waals surface area contributed by atoms with Gasteiger partial charge in [-0.05, 0) is 103 Å². The van der Waals surface area contributed by atoms with Gasteiger partial charge in [0.15, 0.2) is 8.07 Å². The summed E-state index contributed by atoms with van der Waals surface area (Å²) in [6.07, 6.45) is 1.97. The molecule has 0 aliphatic carbocycles. The van der Waals surface area contributed by atoms with Gasteiger partial charge >= 0.3 is 0 Å². The third-order valence-electron chi connectivity index (χ3n) is 16.1. The number of rotatable bonds is 7. The number of hydrogen-bond acceptors (Lipinski definition) is 4. The van der Waals surface area contributed by atoms with E-state index >= 15 is 0 Å². The molecule has 0 fully saturated rings. The number of aromatic nitrogens is 2. The highest BCUT2D eigenvalue weighted by Gasteiger charge is 2.55. The molecular weight excluding hydrogens is 905 g/mol. The SMILES string of the molecule is CC(C)(C)c1ccnc(-n2c3cccc4c3c3c(cc(Oc5cccc(N6CN(c7c(-c8ccccc8)cccc7-c7ccccc7)c7ccccc76)c5)cc32)[Si]42c3ccccc3C(C)(C)c3ccccc32)c1. The van der Waals surface area contributed by atoms with E-state index in [1.165, 1.54) is 81.7 Å². The van der Waals surface area contributed by atoms with Crippen molar-refractivity contribution in [2.45, 2.75) is 45.4 Å². The highest BCUT2D eigenvalue weighted by molar-refractivity contribution is 7.24. The summed E-state index contributed by atoms with van der Waals surface area (Å²) in [5.74, 6) is 2.51. The summed E-state index contributed by atoms with van der Waals surface area (Å²) >= 11 is 0. The molecule has 6 heteroatoms. The smallest absolute Gasteiger partial charge is 0.181 e. The molecule has 5 heterocycles. The zero-order valence-corrected chi connectivity index (χ0v) is 42.8. The first-order valence-corrected chi connectivity index (χ1v) is 27.6. The second-order valence-electron chi connectivity index (χ2n) is 21.5. The van der Waals surface area contributed by atoms with Crippen molar-refractivity contribution < 1.29 is 4.74 Å². The predicted octanol–water partition coefficient (Wildman–Crippen LogP) is 14.2. The Hall–Kier alpha value is -8.45. The van der Waals surface area contributed by atoms with Crippen molar-refractivity contribution in [2.24, 2.45) is 0 Å². The average molecular weight is 959 g/mol. The number of anilines is 4. The van der Waals surface area contributed by atoms with Gasteiger partial charge in [0.2, 0.25) is 0 Å². The summed E-state index contributed by atoms with van der Waals surface area (Å²) < 4.78 is 9.73. The van der Waals surface area contributed by atoms with Crippen LogP contribution in [-0.4, -0.2) is 24.3 Å². The van der Waals surface area contributed by atoms with Gasteiger partial charge in [-0.25, -0.2) is 4.98 Å². The Kier molecular flexibility index (Phi) is 9.52. The van der Waals surface area contributed by atoms with Crippen LogP contribution in [-0.2, 0) is 10.8 Å². The topological polar surface area (TPSA) is 33.5 Å². The molecule has 14 rings (SSSR count). The van der Waals surface area contributed by atoms with Crippen LogP contribution < -0.4 is 35.3 Å². The zero-order chi connectivity index (χ0) is 49.2. The minimum atomic E-state index is -2.91. The van der Waals surface area contributed by atoms with Crippen LogP contribution in [0.5, 0.6) is 11.5 Å². The second-order valence-corrected chi connectivity index (χ2v) is 25.2. The molecule has 0 N–H and O–H groups in total. The molecule has 2 aromatic heterocycles. The second kappa shape index (κ2) is 16.0. The van der Waals surface area contributed by atoms with E-state index in [-0.39, 0.29) is 10.8 Å². The van der Waals surface area contributed by atoms with E-state index in [0.717, 1.165) is 39.9 Å². The molecule has 0 bridgehead atoms. The first kappa shape index (κ1) is 43.3. The molecule has 0 amide bonds. The molecule has 0 saturated carbocycles. The summed E-state index contributed by atoms with van der Waals surface area (Å²) in [6, 6.07) is 80.5. The summed E-state index contributed by atoms with van der Waals surface area (Å²) in [7, 11) is -2.91. The van der Waals surface area contributed by atoms with Gasteiger partial charge in [-0.3, -0.25) is 4.57 Å². The van der Waals surface area contributed by atoms with E-state index in [9.17, 15) is 0 Å². The van der Waals surface area contributed by atoms with Crippen LogP contribution in [0.25, 0.3) is 49.9 Å². The Balaban J connectivity index is 0.939. The van der Waals surface area contributed by atoms with Crippen LogP contribution in [0.15, 0.2) is 225 Å². The van der Waals surface area contributed by atoms with Gasteiger partial charge in [-0.15, -0.1) is 0 Å². The van der Waals surface area contributed by atoms with Gasteiger partial charge < -0.3 is 14.5 Å². The third kappa shape index (κ3) is 6.36. The van der Waals surface area contributed by atoms with Crippen molar-refractivity contribution in [3.63, 3.8) is 0 Å². The van der Waals surface area contributed by atoms with E-state index in [2.05, 4.69) is 267 Å². The van der Waals surface area contributed by atoms with Crippen molar-refractivity contribution in [2.75, 3.05) is 16.5 Å². The monoisotopic (exact) mass is 958 g/mol. The molecular formula is C67H54N4OSi. The van der Waals surface area contributed by atoms with Crippen LogP contribution >= 0.6 is 0 Å². The minimum absolute atomic E-state index is 0.0508. The lowest BCUT2D eigenvalue weighted by molar-refractivity contribution is 0.484. The van der Waals surface area contributed by atoms with Gasteiger partial charge in [0.05, 0.1) is 28.1 Å². The lowest BCUT2D eigenvalue weighted by Crippen LogP contribution is -2.77. The number of fused-ring (bicyclic) bond motifs is 7. The Morgan fingerprint density at radius 2 is 1.07 bits per heavy atom. The van der Waals surface area contributed by atoms with Gasteiger partial charge in [0, 0.05) is 51.3 Å². The first-order chi connectivity index (χ1) is 35.6. The number of benzene rings is 9. The van der Waals surface area contributed by atoms with Crippen LogP contribution in [0.2, 0.25) is 0 Å². The standard InChI is InChI=1S/C67H54N4OSi/c1-66(2,3)46-37-38-68-62(39-46)71-56-33-20-36-60-63(56)64-57(71)41-49(42-61(64)73(60)58-34-16-12-29-52(58)67(4,5)53-30-13-17-35-59(53)73)72-48-26-18-25-47(40-48)69-43-70(55-32-15-14-31-54(55)69)65-50(44-21-8-6-9-22-44)27-19-28-51(65)45-23-10-7-11-24-45/h6-42H,43H2,1-5H3. The van der Waals surface area contributed by atoms with E-state index in [4.69, 9.17) is 9.72 Å².